The van der Waals surface area contributed by atoms with E-state index in [1.165, 1.54) is 17.0 Å². The number of urea groups is 1. The average Bonchev–Trinajstić information content (AvgIpc) is 2.89. The molecule has 1 N–H and O–H groups in total. The summed E-state index contributed by atoms with van der Waals surface area (Å²) < 4.78 is 0. The highest BCUT2D eigenvalue weighted by Crippen LogP contribution is 2.36. The van der Waals surface area contributed by atoms with Gasteiger partial charge in [-0.2, -0.15) is 0 Å². The van der Waals surface area contributed by atoms with Gasteiger partial charge in [-0.1, -0.05) is 0 Å². The van der Waals surface area contributed by atoms with Gasteiger partial charge >= 0.3 is 6.03 Å². The SMILES string of the molecule is CC(C)N1CC2=C(C1=O)C(c1ccc([N+](=O)[O-])cc1)NC(=O)N2C. The number of nitro benzene ring substituents is 1. The van der Waals surface area contributed by atoms with Crippen LogP contribution in [0, 0.1) is 10.1 Å². The molecule has 8 heteroatoms. The molecule has 0 saturated carbocycles. The molecular weight excluding hydrogens is 312 g/mol. The van der Waals surface area contributed by atoms with Crippen LogP contribution in [0.5, 0.6) is 0 Å². The lowest BCUT2D eigenvalue weighted by Crippen LogP contribution is -2.45. The van der Waals surface area contributed by atoms with E-state index in [-0.39, 0.29) is 23.7 Å². The van der Waals surface area contributed by atoms with E-state index in [1.54, 1.807) is 24.1 Å². The van der Waals surface area contributed by atoms with Crippen LogP contribution in [-0.2, 0) is 4.79 Å². The van der Waals surface area contributed by atoms with Crippen molar-refractivity contribution in [3.8, 4) is 0 Å². The third-order valence-corrected chi connectivity index (χ3v) is 4.45. The quantitative estimate of drug-likeness (QED) is 0.675. The van der Waals surface area contributed by atoms with Gasteiger partial charge in [0.1, 0.15) is 0 Å². The van der Waals surface area contributed by atoms with E-state index in [1.807, 2.05) is 13.8 Å². The Bertz CT molecular complexity index is 754. The summed E-state index contributed by atoms with van der Waals surface area (Å²) in [5.41, 5.74) is 1.82. The first-order chi connectivity index (χ1) is 11.3. The molecule has 1 aromatic rings. The normalized spacial score (nSPS) is 20.6. The number of benzene rings is 1. The van der Waals surface area contributed by atoms with Crippen molar-refractivity contribution in [2.75, 3.05) is 13.6 Å². The molecule has 1 aromatic carbocycles. The number of nitro groups is 1. The standard InChI is InChI=1S/C16H18N4O4/c1-9(2)19-8-12-13(15(19)21)14(17-16(22)18(12)3)10-4-6-11(7-5-10)20(23)24/h4-7,9,14H,8H2,1-3H3,(H,17,22). The first-order valence-corrected chi connectivity index (χ1v) is 7.64. The van der Waals surface area contributed by atoms with E-state index in [4.69, 9.17) is 0 Å². The Balaban J connectivity index is 2.02. The van der Waals surface area contributed by atoms with Gasteiger partial charge in [-0.3, -0.25) is 19.8 Å². The summed E-state index contributed by atoms with van der Waals surface area (Å²) in [6.07, 6.45) is 0. The smallest absolute Gasteiger partial charge is 0.322 e. The lowest BCUT2D eigenvalue weighted by atomic mass is 9.95. The molecule has 8 nitrogen and oxygen atoms in total. The van der Waals surface area contributed by atoms with Crippen molar-refractivity contribution in [3.63, 3.8) is 0 Å². The van der Waals surface area contributed by atoms with Gasteiger partial charge in [0.25, 0.3) is 11.6 Å². The number of hydrogen-bond donors (Lipinski definition) is 1. The van der Waals surface area contributed by atoms with Crippen molar-refractivity contribution in [1.29, 1.82) is 0 Å². The minimum atomic E-state index is -0.597. The average molecular weight is 330 g/mol. The summed E-state index contributed by atoms with van der Waals surface area (Å²) in [5.74, 6) is -0.116. The van der Waals surface area contributed by atoms with E-state index < -0.39 is 11.0 Å². The van der Waals surface area contributed by atoms with E-state index >= 15 is 0 Å². The summed E-state index contributed by atoms with van der Waals surface area (Å²) in [6, 6.07) is 5.02. The molecule has 0 saturated heterocycles. The van der Waals surface area contributed by atoms with Crippen LogP contribution in [0.4, 0.5) is 10.5 Å². The first kappa shape index (κ1) is 16.0. The van der Waals surface area contributed by atoms with Gasteiger partial charge in [0.2, 0.25) is 0 Å². The Kier molecular flexibility index (Phi) is 3.75. The summed E-state index contributed by atoms with van der Waals surface area (Å²) >= 11 is 0. The van der Waals surface area contributed by atoms with Gasteiger partial charge in [-0.05, 0) is 31.5 Å². The number of carbonyl (C=O) groups excluding carboxylic acids is 2. The van der Waals surface area contributed by atoms with Crippen LogP contribution in [0.15, 0.2) is 35.5 Å². The fraction of sp³-hybridized carbons (Fsp3) is 0.375. The highest BCUT2D eigenvalue weighted by Gasteiger charge is 2.43. The summed E-state index contributed by atoms with van der Waals surface area (Å²) in [6.45, 7) is 4.23. The van der Waals surface area contributed by atoms with Crippen molar-refractivity contribution in [3.05, 3.63) is 51.2 Å². The molecule has 2 aliphatic rings. The maximum Gasteiger partial charge on any atom is 0.322 e. The molecule has 3 rings (SSSR count). The van der Waals surface area contributed by atoms with Crippen molar-refractivity contribution >= 4 is 17.6 Å². The molecule has 0 bridgehead atoms. The lowest BCUT2D eigenvalue weighted by molar-refractivity contribution is -0.384. The van der Waals surface area contributed by atoms with Crippen LogP contribution in [-0.4, -0.2) is 46.3 Å². The third-order valence-electron chi connectivity index (χ3n) is 4.45. The number of likely N-dealkylation sites (N-methyl/N-ethyl adjacent to an activating group) is 1. The number of carbonyl (C=O) groups is 2. The zero-order chi connectivity index (χ0) is 17.6. The first-order valence-electron chi connectivity index (χ1n) is 7.64. The Morgan fingerprint density at radius 1 is 1.25 bits per heavy atom. The van der Waals surface area contributed by atoms with E-state index in [0.717, 1.165) is 0 Å². The molecule has 0 aromatic heterocycles. The fourth-order valence-corrected chi connectivity index (χ4v) is 3.04. The topological polar surface area (TPSA) is 95.8 Å². The number of nitrogens with zero attached hydrogens (tertiary/aromatic N) is 3. The molecule has 2 heterocycles. The van der Waals surface area contributed by atoms with Gasteiger partial charge < -0.3 is 10.2 Å². The van der Waals surface area contributed by atoms with Crippen LogP contribution >= 0.6 is 0 Å². The Labute approximate surface area is 138 Å². The van der Waals surface area contributed by atoms with Gasteiger partial charge in [-0.25, -0.2) is 4.79 Å². The van der Waals surface area contributed by atoms with E-state index in [0.29, 0.717) is 23.4 Å². The molecule has 0 radical (unpaired) electrons. The van der Waals surface area contributed by atoms with Crippen LogP contribution in [0.3, 0.4) is 0 Å². The van der Waals surface area contributed by atoms with Crippen molar-refractivity contribution in [1.82, 2.24) is 15.1 Å². The van der Waals surface area contributed by atoms with Gasteiger partial charge in [0.05, 0.1) is 28.8 Å². The second-order valence-corrected chi connectivity index (χ2v) is 6.18. The summed E-state index contributed by atoms with van der Waals surface area (Å²) in [5, 5.41) is 13.6. The molecule has 3 amide bonds. The van der Waals surface area contributed by atoms with E-state index in [2.05, 4.69) is 5.32 Å². The molecule has 2 aliphatic heterocycles. The Morgan fingerprint density at radius 2 is 1.88 bits per heavy atom. The largest absolute Gasteiger partial charge is 0.331 e. The second-order valence-electron chi connectivity index (χ2n) is 6.18. The molecule has 0 aliphatic carbocycles. The minimum Gasteiger partial charge on any atom is -0.331 e. The van der Waals surface area contributed by atoms with Crippen molar-refractivity contribution < 1.29 is 14.5 Å². The van der Waals surface area contributed by atoms with Gasteiger partial charge in [-0.15, -0.1) is 0 Å². The van der Waals surface area contributed by atoms with Crippen molar-refractivity contribution in [2.24, 2.45) is 0 Å². The number of hydrogen-bond acceptors (Lipinski definition) is 4. The molecule has 0 spiro atoms. The minimum absolute atomic E-state index is 0.0177. The number of rotatable bonds is 3. The van der Waals surface area contributed by atoms with Crippen molar-refractivity contribution in [2.45, 2.75) is 25.9 Å². The fourth-order valence-electron chi connectivity index (χ4n) is 3.04. The van der Waals surface area contributed by atoms with E-state index in [9.17, 15) is 19.7 Å². The van der Waals surface area contributed by atoms with Crippen LogP contribution in [0.25, 0.3) is 0 Å². The second kappa shape index (κ2) is 5.63. The molecule has 0 fully saturated rings. The molecule has 1 atom stereocenters. The van der Waals surface area contributed by atoms with Crippen LogP contribution in [0.1, 0.15) is 25.5 Å². The molecule has 24 heavy (non-hydrogen) atoms. The van der Waals surface area contributed by atoms with Gasteiger partial charge in [0.15, 0.2) is 0 Å². The zero-order valence-electron chi connectivity index (χ0n) is 13.6. The number of nitrogens with one attached hydrogen (secondary N) is 1. The zero-order valence-corrected chi connectivity index (χ0v) is 13.6. The van der Waals surface area contributed by atoms with Gasteiger partial charge in [0, 0.05) is 25.2 Å². The Hall–Kier alpha value is -2.90. The number of amides is 3. The highest BCUT2D eigenvalue weighted by molar-refractivity contribution is 6.01. The monoisotopic (exact) mass is 330 g/mol. The summed E-state index contributed by atoms with van der Waals surface area (Å²) in [4.78, 5) is 38.5. The predicted molar refractivity (Wildman–Crippen MR) is 86.0 cm³/mol. The van der Waals surface area contributed by atoms with Crippen LogP contribution < -0.4 is 5.32 Å². The molecule has 126 valence electrons. The number of non-ortho nitro benzene ring substituents is 1. The molecule has 1 unspecified atom stereocenters. The molecular formula is C16H18N4O4. The Morgan fingerprint density at radius 3 is 2.42 bits per heavy atom. The van der Waals surface area contributed by atoms with Crippen LogP contribution in [0.2, 0.25) is 0 Å². The maximum absolute atomic E-state index is 12.8. The maximum atomic E-state index is 12.8. The lowest BCUT2D eigenvalue weighted by Gasteiger charge is -2.31. The predicted octanol–water partition coefficient (Wildman–Crippen LogP) is 1.80. The third kappa shape index (κ3) is 2.40. The summed E-state index contributed by atoms with van der Waals surface area (Å²) in [7, 11) is 1.63. The highest BCUT2D eigenvalue weighted by atomic mass is 16.6.